The number of nitrogens with zero attached hydrogens (tertiary/aromatic N) is 1. The van der Waals surface area contributed by atoms with Crippen molar-refractivity contribution in [3.63, 3.8) is 0 Å². The van der Waals surface area contributed by atoms with Crippen molar-refractivity contribution in [1.82, 2.24) is 10.2 Å². The lowest BCUT2D eigenvalue weighted by molar-refractivity contribution is -0.125. The molecule has 0 aromatic heterocycles. The van der Waals surface area contributed by atoms with Crippen molar-refractivity contribution in [3.8, 4) is 0 Å². The number of nitrogens with two attached hydrogens (primary N) is 1. The number of rotatable bonds is 3. The third-order valence-electron chi connectivity index (χ3n) is 3.60. The summed E-state index contributed by atoms with van der Waals surface area (Å²) < 4.78 is 0. The van der Waals surface area contributed by atoms with Crippen LogP contribution < -0.4 is 11.1 Å². The molecule has 1 aliphatic rings. The predicted octanol–water partition coefficient (Wildman–Crippen LogP) is 0.960. The van der Waals surface area contributed by atoms with Gasteiger partial charge in [0.1, 0.15) is 0 Å². The Bertz CT molecular complexity index is 252. The third-order valence-corrected chi connectivity index (χ3v) is 3.60. The van der Waals surface area contributed by atoms with Crippen LogP contribution >= 0.6 is 0 Å². The van der Waals surface area contributed by atoms with Crippen LogP contribution in [0.2, 0.25) is 0 Å². The molecule has 0 aromatic carbocycles. The Kier molecular flexibility index (Phi) is 4.95. The van der Waals surface area contributed by atoms with Gasteiger partial charge in [0.05, 0.1) is 6.04 Å². The largest absolute Gasteiger partial charge is 0.352 e. The van der Waals surface area contributed by atoms with Crippen LogP contribution in [0.3, 0.4) is 0 Å². The summed E-state index contributed by atoms with van der Waals surface area (Å²) >= 11 is 0. The molecule has 1 fully saturated rings. The van der Waals surface area contributed by atoms with E-state index in [1.165, 1.54) is 0 Å². The maximum Gasteiger partial charge on any atom is 0.237 e. The van der Waals surface area contributed by atoms with Crippen LogP contribution in [0.1, 0.15) is 40.5 Å². The van der Waals surface area contributed by atoms with Gasteiger partial charge in [-0.3, -0.25) is 4.79 Å². The number of hydrogen-bond donors (Lipinski definition) is 2. The minimum atomic E-state index is -0.424. The molecule has 3 N–H and O–H groups in total. The van der Waals surface area contributed by atoms with Gasteiger partial charge in [-0.1, -0.05) is 27.7 Å². The maximum absolute atomic E-state index is 12.0. The fraction of sp³-hybridized carbons (Fsp3) is 0.923. The highest BCUT2D eigenvalue weighted by Gasteiger charge is 2.29. The number of hydrogen-bond acceptors (Lipinski definition) is 3. The Morgan fingerprint density at radius 2 is 1.94 bits per heavy atom. The second-order valence-corrected chi connectivity index (χ2v) is 6.06. The van der Waals surface area contributed by atoms with Crippen molar-refractivity contribution in [2.45, 2.75) is 52.6 Å². The number of carbonyl (C=O) groups is 1. The molecule has 1 atom stereocenters. The number of amides is 1. The number of nitrogens with one attached hydrogen (secondary N) is 1. The molecule has 4 nitrogen and oxygen atoms in total. The lowest BCUT2D eigenvalue weighted by atomic mass is 9.86. The molecule has 1 rings (SSSR count). The molecular weight excluding hydrogens is 214 g/mol. The Hall–Kier alpha value is -0.610. The highest BCUT2D eigenvalue weighted by molar-refractivity contribution is 5.82. The van der Waals surface area contributed by atoms with Crippen LogP contribution in [0, 0.1) is 5.41 Å². The van der Waals surface area contributed by atoms with Crippen LogP contribution in [-0.2, 0) is 4.79 Å². The van der Waals surface area contributed by atoms with Gasteiger partial charge in [-0.05, 0) is 24.8 Å². The second kappa shape index (κ2) is 5.83. The molecule has 1 heterocycles. The number of likely N-dealkylation sites (tertiary alicyclic amines) is 1. The Morgan fingerprint density at radius 1 is 1.41 bits per heavy atom. The van der Waals surface area contributed by atoms with Crippen LogP contribution in [0.4, 0.5) is 0 Å². The molecule has 0 saturated carbocycles. The number of carbonyl (C=O) groups excluding carboxylic acids is 1. The predicted molar refractivity (Wildman–Crippen MR) is 70.7 cm³/mol. The molecule has 0 bridgehead atoms. The van der Waals surface area contributed by atoms with Gasteiger partial charge in [0.25, 0.3) is 0 Å². The molecule has 17 heavy (non-hydrogen) atoms. The van der Waals surface area contributed by atoms with Gasteiger partial charge in [0.15, 0.2) is 0 Å². The highest BCUT2D eigenvalue weighted by Crippen LogP contribution is 2.18. The SMILES string of the molecule is CCN1CCC(NC(=O)C(N)C(C)(C)C)CC1. The van der Waals surface area contributed by atoms with Gasteiger partial charge in [-0.15, -0.1) is 0 Å². The molecular formula is C13H27N3O. The molecule has 1 unspecified atom stereocenters. The molecule has 1 saturated heterocycles. The maximum atomic E-state index is 12.0. The zero-order valence-corrected chi connectivity index (χ0v) is 11.6. The van der Waals surface area contributed by atoms with E-state index in [4.69, 9.17) is 5.73 Å². The van der Waals surface area contributed by atoms with E-state index in [1.54, 1.807) is 0 Å². The van der Waals surface area contributed by atoms with E-state index in [0.717, 1.165) is 32.5 Å². The first-order valence-corrected chi connectivity index (χ1v) is 6.63. The van der Waals surface area contributed by atoms with Gasteiger partial charge in [-0.25, -0.2) is 0 Å². The lowest BCUT2D eigenvalue weighted by Gasteiger charge is -2.33. The monoisotopic (exact) mass is 241 g/mol. The first kappa shape index (κ1) is 14.5. The van der Waals surface area contributed by atoms with Crippen molar-refractivity contribution in [1.29, 1.82) is 0 Å². The average Bonchev–Trinajstić information content (AvgIpc) is 2.27. The minimum absolute atomic E-state index is 0.00699. The van der Waals surface area contributed by atoms with E-state index >= 15 is 0 Å². The van der Waals surface area contributed by atoms with Crippen molar-refractivity contribution in [2.24, 2.45) is 11.1 Å². The minimum Gasteiger partial charge on any atom is -0.352 e. The molecule has 1 amide bonds. The first-order valence-electron chi connectivity index (χ1n) is 6.63. The molecule has 0 radical (unpaired) electrons. The van der Waals surface area contributed by atoms with Crippen LogP contribution in [0.15, 0.2) is 0 Å². The molecule has 100 valence electrons. The molecule has 4 heteroatoms. The van der Waals surface area contributed by atoms with E-state index in [1.807, 2.05) is 20.8 Å². The van der Waals surface area contributed by atoms with Crippen LogP contribution in [0.25, 0.3) is 0 Å². The molecule has 0 aromatic rings. The normalized spacial score (nSPS) is 21.2. The standard InChI is InChI=1S/C13H27N3O/c1-5-16-8-6-10(7-9-16)15-12(17)11(14)13(2,3)4/h10-11H,5-9,14H2,1-4H3,(H,15,17). The zero-order chi connectivity index (χ0) is 13.1. The summed E-state index contributed by atoms with van der Waals surface area (Å²) in [5.74, 6) is -0.00699. The van der Waals surface area contributed by atoms with Gasteiger partial charge in [-0.2, -0.15) is 0 Å². The molecule has 0 aliphatic carbocycles. The Balaban J connectivity index is 2.38. The molecule has 0 spiro atoms. The van der Waals surface area contributed by atoms with Crippen molar-refractivity contribution >= 4 is 5.91 Å². The van der Waals surface area contributed by atoms with E-state index in [2.05, 4.69) is 17.1 Å². The zero-order valence-electron chi connectivity index (χ0n) is 11.6. The third kappa shape index (κ3) is 4.28. The lowest BCUT2D eigenvalue weighted by Crippen LogP contribution is -2.53. The summed E-state index contributed by atoms with van der Waals surface area (Å²) in [4.78, 5) is 14.4. The summed E-state index contributed by atoms with van der Waals surface area (Å²) in [6.07, 6.45) is 2.08. The fourth-order valence-corrected chi connectivity index (χ4v) is 2.08. The smallest absolute Gasteiger partial charge is 0.237 e. The quantitative estimate of drug-likeness (QED) is 0.774. The Morgan fingerprint density at radius 3 is 2.35 bits per heavy atom. The Labute approximate surface area is 105 Å². The summed E-state index contributed by atoms with van der Waals surface area (Å²) in [5, 5.41) is 3.08. The van der Waals surface area contributed by atoms with Gasteiger partial charge in [0, 0.05) is 19.1 Å². The van der Waals surface area contributed by atoms with Crippen LogP contribution in [-0.4, -0.2) is 42.5 Å². The fourth-order valence-electron chi connectivity index (χ4n) is 2.08. The van der Waals surface area contributed by atoms with E-state index in [9.17, 15) is 4.79 Å². The van der Waals surface area contributed by atoms with Crippen LogP contribution in [0.5, 0.6) is 0 Å². The van der Waals surface area contributed by atoms with Crippen molar-refractivity contribution in [2.75, 3.05) is 19.6 Å². The van der Waals surface area contributed by atoms with E-state index < -0.39 is 6.04 Å². The topological polar surface area (TPSA) is 58.4 Å². The summed E-state index contributed by atoms with van der Waals surface area (Å²) in [6, 6.07) is -0.120. The number of piperidine rings is 1. The second-order valence-electron chi connectivity index (χ2n) is 6.06. The summed E-state index contributed by atoms with van der Waals surface area (Å²) in [5.41, 5.74) is 5.77. The van der Waals surface area contributed by atoms with Crippen molar-refractivity contribution in [3.05, 3.63) is 0 Å². The van der Waals surface area contributed by atoms with Gasteiger partial charge < -0.3 is 16.0 Å². The van der Waals surface area contributed by atoms with Gasteiger partial charge >= 0.3 is 0 Å². The van der Waals surface area contributed by atoms with E-state index in [0.29, 0.717) is 6.04 Å². The average molecular weight is 241 g/mol. The highest BCUT2D eigenvalue weighted by atomic mass is 16.2. The van der Waals surface area contributed by atoms with Crippen molar-refractivity contribution < 1.29 is 4.79 Å². The van der Waals surface area contributed by atoms with Gasteiger partial charge in [0.2, 0.25) is 5.91 Å². The first-order chi connectivity index (χ1) is 7.84. The molecule has 1 aliphatic heterocycles. The summed E-state index contributed by atoms with van der Waals surface area (Å²) in [6.45, 7) is 11.4. The summed E-state index contributed by atoms with van der Waals surface area (Å²) in [7, 11) is 0. The van der Waals surface area contributed by atoms with E-state index in [-0.39, 0.29) is 11.3 Å².